The summed E-state index contributed by atoms with van der Waals surface area (Å²) >= 11 is 5.63. The molecule has 1 aromatic heterocycles. The maximum atomic E-state index is 8.78. The topological polar surface area (TPSA) is 49.2 Å². The van der Waals surface area contributed by atoms with Gasteiger partial charge in [-0.05, 0) is 24.6 Å². The molecule has 5 heteroatoms. The molecular weight excluding hydrogens is 190 g/mol. The highest BCUT2D eigenvalue weighted by Gasteiger charge is 2.04. The molecule has 0 saturated carbocycles. The zero-order valence-corrected chi connectivity index (χ0v) is 8.20. The third kappa shape index (κ3) is 2.82. The predicted octanol–water partition coefficient (Wildman–Crippen LogP) is 0.949. The molecule has 13 heavy (non-hydrogen) atoms. The van der Waals surface area contributed by atoms with Crippen molar-refractivity contribution in [3.8, 4) is 0 Å². The molecule has 4 nitrogen and oxygen atoms in total. The van der Waals surface area contributed by atoms with Crippen LogP contribution in [0, 0.1) is 0 Å². The Labute approximate surface area is 82.2 Å². The van der Waals surface area contributed by atoms with E-state index in [1.54, 1.807) is 12.3 Å². The van der Waals surface area contributed by atoms with Crippen molar-refractivity contribution in [2.24, 2.45) is 0 Å². The SMILES string of the molecule is CCN(CCO)c1ccnc(Cl)n1. The molecule has 0 aromatic carbocycles. The van der Waals surface area contributed by atoms with Crippen molar-refractivity contribution in [3.05, 3.63) is 17.5 Å². The van der Waals surface area contributed by atoms with Gasteiger partial charge in [-0.3, -0.25) is 0 Å². The second kappa shape index (κ2) is 4.99. The first-order chi connectivity index (χ1) is 6.27. The van der Waals surface area contributed by atoms with Crippen LogP contribution in [0.5, 0.6) is 0 Å². The van der Waals surface area contributed by atoms with E-state index >= 15 is 0 Å². The number of rotatable bonds is 4. The van der Waals surface area contributed by atoms with Crippen molar-refractivity contribution in [2.75, 3.05) is 24.6 Å². The fraction of sp³-hybridized carbons (Fsp3) is 0.500. The summed E-state index contributed by atoms with van der Waals surface area (Å²) in [5.74, 6) is 0.747. The lowest BCUT2D eigenvalue weighted by Gasteiger charge is -2.20. The quantitative estimate of drug-likeness (QED) is 0.737. The molecule has 0 radical (unpaired) electrons. The number of hydrogen-bond acceptors (Lipinski definition) is 4. The van der Waals surface area contributed by atoms with Gasteiger partial charge in [0.15, 0.2) is 0 Å². The lowest BCUT2D eigenvalue weighted by Crippen LogP contribution is -2.27. The average Bonchev–Trinajstić information content (AvgIpc) is 2.14. The van der Waals surface area contributed by atoms with Crippen LogP contribution in [0.15, 0.2) is 12.3 Å². The Kier molecular flexibility index (Phi) is 3.92. The Morgan fingerprint density at radius 2 is 2.38 bits per heavy atom. The van der Waals surface area contributed by atoms with E-state index in [2.05, 4.69) is 9.97 Å². The Bertz CT molecular complexity index is 269. The maximum absolute atomic E-state index is 8.78. The number of anilines is 1. The number of aliphatic hydroxyl groups is 1. The van der Waals surface area contributed by atoms with Crippen molar-refractivity contribution >= 4 is 17.4 Å². The monoisotopic (exact) mass is 201 g/mol. The molecule has 0 aliphatic rings. The fourth-order valence-corrected chi connectivity index (χ4v) is 1.20. The Morgan fingerprint density at radius 3 is 2.92 bits per heavy atom. The van der Waals surface area contributed by atoms with E-state index in [-0.39, 0.29) is 11.9 Å². The summed E-state index contributed by atoms with van der Waals surface area (Å²) in [6.45, 7) is 3.44. The van der Waals surface area contributed by atoms with Crippen LogP contribution >= 0.6 is 11.6 Å². The minimum Gasteiger partial charge on any atom is -0.395 e. The van der Waals surface area contributed by atoms with Gasteiger partial charge in [-0.15, -0.1) is 0 Å². The summed E-state index contributed by atoms with van der Waals surface area (Å²) < 4.78 is 0. The van der Waals surface area contributed by atoms with Crippen molar-refractivity contribution in [3.63, 3.8) is 0 Å². The molecule has 1 aromatic rings. The molecule has 1 rings (SSSR count). The van der Waals surface area contributed by atoms with Crippen LogP contribution < -0.4 is 4.90 Å². The van der Waals surface area contributed by atoms with Crippen molar-refractivity contribution in [1.82, 2.24) is 9.97 Å². The van der Waals surface area contributed by atoms with Crippen LogP contribution in [-0.2, 0) is 0 Å². The van der Waals surface area contributed by atoms with Crippen LogP contribution in [0.2, 0.25) is 5.28 Å². The molecule has 0 fully saturated rings. The van der Waals surface area contributed by atoms with Gasteiger partial charge < -0.3 is 10.0 Å². The zero-order chi connectivity index (χ0) is 9.68. The summed E-state index contributed by atoms with van der Waals surface area (Å²) in [6.07, 6.45) is 1.60. The Morgan fingerprint density at radius 1 is 1.62 bits per heavy atom. The molecule has 0 atom stereocenters. The summed E-state index contributed by atoms with van der Waals surface area (Å²) in [7, 11) is 0. The van der Waals surface area contributed by atoms with Gasteiger partial charge in [-0.1, -0.05) is 0 Å². The van der Waals surface area contributed by atoms with Crippen LogP contribution in [0.3, 0.4) is 0 Å². The molecular formula is C8H12ClN3O. The van der Waals surface area contributed by atoms with Gasteiger partial charge in [0.25, 0.3) is 0 Å². The second-order valence-electron chi connectivity index (χ2n) is 2.49. The van der Waals surface area contributed by atoms with Crippen molar-refractivity contribution in [2.45, 2.75) is 6.92 Å². The largest absolute Gasteiger partial charge is 0.395 e. The maximum Gasteiger partial charge on any atom is 0.224 e. The zero-order valence-electron chi connectivity index (χ0n) is 7.44. The average molecular weight is 202 g/mol. The number of hydrogen-bond donors (Lipinski definition) is 1. The molecule has 1 N–H and O–H groups in total. The lowest BCUT2D eigenvalue weighted by atomic mass is 10.4. The van der Waals surface area contributed by atoms with E-state index < -0.39 is 0 Å². The van der Waals surface area contributed by atoms with E-state index in [9.17, 15) is 0 Å². The van der Waals surface area contributed by atoms with Crippen LogP contribution in [-0.4, -0.2) is 34.8 Å². The Hall–Kier alpha value is -0.870. The highest BCUT2D eigenvalue weighted by atomic mass is 35.5. The van der Waals surface area contributed by atoms with Crippen LogP contribution in [0.4, 0.5) is 5.82 Å². The predicted molar refractivity (Wildman–Crippen MR) is 52.0 cm³/mol. The van der Waals surface area contributed by atoms with Crippen LogP contribution in [0.1, 0.15) is 6.92 Å². The lowest BCUT2D eigenvalue weighted by molar-refractivity contribution is 0.302. The highest BCUT2D eigenvalue weighted by Crippen LogP contribution is 2.11. The van der Waals surface area contributed by atoms with E-state index in [4.69, 9.17) is 16.7 Å². The normalized spacial score (nSPS) is 10.1. The minimum atomic E-state index is 0.107. The minimum absolute atomic E-state index is 0.107. The molecule has 0 unspecified atom stereocenters. The molecule has 0 spiro atoms. The molecule has 0 bridgehead atoms. The fourth-order valence-electron chi connectivity index (χ4n) is 1.06. The van der Waals surface area contributed by atoms with Gasteiger partial charge in [-0.25, -0.2) is 9.97 Å². The molecule has 0 aliphatic carbocycles. The highest BCUT2D eigenvalue weighted by molar-refractivity contribution is 6.28. The number of halogens is 1. The van der Waals surface area contributed by atoms with Gasteiger partial charge in [0, 0.05) is 19.3 Å². The number of nitrogens with zero attached hydrogens (tertiary/aromatic N) is 3. The number of aliphatic hydroxyl groups excluding tert-OH is 1. The second-order valence-corrected chi connectivity index (χ2v) is 2.83. The van der Waals surface area contributed by atoms with E-state index in [1.807, 2.05) is 11.8 Å². The van der Waals surface area contributed by atoms with E-state index in [0.717, 1.165) is 12.4 Å². The van der Waals surface area contributed by atoms with E-state index in [1.165, 1.54) is 0 Å². The van der Waals surface area contributed by atoms with Gasteiger partial charge >= 0.3 is 0 Å². The molecule has 72 valence electrons. The molecule has 0 amide bonds. The first kappa shape index (κ1) is 10.2. The number of aromatic nitrogens is 2. The number of likely N-dealkylation sites (N-methyl/N-ethyl adjacent to an activating group) is 1. The molecule has 0 saturated heterocycles. The van der Waals surface area contributed by atoms with Gasteiger partial charge in [0.1, 0.15) is 5.82 Å². The first-order valence-corrected chi connectivity index (χ1v) is 4.50. The van der Waals surface area contributed by atoms with E-state index in [0.29, 0.717) is 6.54 Å². The smallest absolute Gasteiger partial charge is 0.224 e. The molecule has 1 heterocycles. The third-order valence-corrected chi connectivity index (χ3v) is 1.87. The first-order valence-electron chi connectivity index (χ1n) is 4.12. The van der Waals surface area contributed by atoms with Gasteiger partial charge in [-0.2, -0.15) is 0 Å². The van der Waals surface area contributed by atoms with Crippen molar-refractivity contribution < 1.29 is 5.11 Å². The summed E-state index contributed by atoms with van der Waals surface area (Å²) in [5.41, 5.74) is 0. The van der Waals surface area contributed by atoms with Crippen molar-refractivity contribution in [1.29, 1.82) is 0 Å². The van der Waals surface area contributed by atoms with Gasteiger partial charge in [0.2, 0.25) is 5.28 Å². The van der Waals surface area contributed by atoms with Gasteiger partial charge in [0.05, 0.1) is 6.61 Å². The third-order valence-electron chi connectivity index (χ3n) is 1.69. The Balaban J connectivity index is 2.78. The summed E-state index contributed by atoms with van der Waals surface area (Å²) in [5, 5.41) is 9.01. The summed E-state index contributed by atoms with van der Waals surface area (Å²) in [6, 6.07) is 1.77. The standard InChI is InChI=1S/C8H12ClN3O/c1-2-12(5-6-13)7-3-4-10-8(9)11-7/h3-4,13H,2,5-6H2,1H3. The molecule has 0 aliphatic heterocycles. The summed E-state index contributed by atoms with van der Waals surface area (Å²) in [4.78, 5) is 9.74. The van der Waals surface area contributed by atoms with Crippen LogP contribution in [0.25, 0.3) is 0 Å².